The van der Waals surface area contributed by atoms with Crippen LogP contribution in [0.5, 0.6) is 11.5 Å². The molecule has 0 saturated heterocycles. The quantitative estimate of drug-likeness (QED) is 0.671. The highest BCUT2D eigenvalue weighted by molar-refractivity contribution is 6.00. The van der Waals surface area contributed by atoms with Gasteiger partial charge in [-0.25, -0.2) is 0 Å². The van der Waals surface area contributed by atoms with Gasteiger partial charge in [0.15, 0.2) is 0 Å². The number of ether oxygens (including phenoxy) is 2. The van der Waals surface area contributed by atoms with Gasteiger partial charge in [-0.05, 0) is 37.3 Å². The number of amides is 1. The van der Waals surface area contributed by atoms with Crippen LogP contribution in [-0.4, -0.2) is 37.7 Å². The zero-order chi connectivity index (χ0) is 19.1. The predicted octanol–water partition coefficient (Wildman–Crippen LogP) is 2.69. The van der Waals surface area contributed by atoms with Crippen LogP contribution in [0, 0.1) is 0 Å². The van der Waals surface area contributed by atoms with Crippen molar-refractivity contribution in [3.63, 3.8) is 0 Å². The molecule has 7 nitrogen and oxygen atoms in total. The van der Waals surface area contributed by atoms with Crippen LogP contribution in [-0.2, 0) is 4.79 Å². The van der Waals surface area contributed by atoms with Crippen molar-refractivity contribution in [3.05, 3.63) is 53.6 Å². The molecule has 26 heavy (non-hydrogen) atoms. The number of methoxy groups -OCH3 is 2. The third kappa shape index (κ3) is 4.66. The van der Waals surface area contributed by atoms with Crippen molar-refractivity contribution in [2.24, 2.45) is 0 Å². The van der Waals surface area contributed by atoms with Crippen molar-refractivity contribution < 1.29 is 24.2 Å². The van der Waals surface area contributed by atoms with Gasteiger partial charge in [0, 0.05) is 11.3 Å². The summed E-state index contributed by atoms with van der Waals surface area (Å²) in [6.07, 6.45) is 0. The Kier molecular flexibility index (Phi) is 6.43. The van der Waals surface area contributed by atoms with E-state index in [0.29, 0.717) is 22.7 Å². The summed E-state index contributed by atoms with van der Waals surface area (Å²) in [4.78, 5) is 23.4. The summed E-state index contributed by atoms with van der Waals surface area (Å²) in [6.45, 7) is 1.56. The topological polar surface area (TPSA) is 96.9 Å². The van der Waals surface area contributed by atoms with E-state index in [-0.39, 0.29) is 18.5 Å². The number of hydrogen-bond acceptors (Lipinski definition) is 5. The van der Waals surface area contributed by atoms with Gasteiger partial charge in [-0.3, -0.25) is 9.59 Å². The van der Waals surface area contributed by atoms with Gasteiger partial charge in [0.05, 0.1) is 25.8 Å². The maximum atomic E-state index is 12.7. The summed E-state index contributed by atoms with van der Waals surface area (Å²) in [7, 11) is 3.13. The summed E-state index contributed by atoms with van der Waals surface area (Å²) in [5.41, 5.74) is 1.59. The Labute approximate surface area is 151 Å². The Hall–Kier alpha value is -3.22. The van der Waals surface area contributed by atoms with Crippen molar-refractivity contribution in [3.8, 4) is 11.5 Å². The minimum absolute atomic E-state index is 0.274. The molecule has 1 atom stereocenters. The Bertz CT molecular complexity index is 791. The molecule has 3 N–H and O–H groups in total. The number of nitrogens with one attached hydrogen (secondary N) is 2. The van der Waals surface area contributed by atoms with E-state index in [4.69, 9.17) is 14.6 Å². The van der Waals surface area contributed by atoms with Crippen molar-refractivity contribution in [2.75, 3.05) is 26.1 Å². The molecular formula is C19H22N2O5. The largest absolute Gasteiger partial charge is 0.497 e. The van der Waals surface area contributed by atoms with Gasteiger partial charge in [-0.1, -0.05) is 12.1 Å². The molecule has 0 aromatic heterocycles. The second-order valence-electron chi connectivity index (χ2n) is 5.60. The van der Waals surface area contributed by atoms with Crippen molar-refractivity contribution in [1.29, 1.82) is 0 Å². The fraction of sp³-hybridized carbons (Fsp3) is 0.263. The highest BCUT2D eigenvalue weighted by Crippen LogP contribution is 2.29. The molecule has 1 amide bonds. The molecule has 0 aliphatic carbocycles. The van der Waals surface area contributed by atoms with Crippen molar-refractivity contribution >= 4 is 17.6 Å². The van der Waals surface area contributed by atoms with Gasteiger partial charge in [0.25, 0.3) is 5.91 Å². The molecule has 0 heterocycles. The number of carboxylic acids is 1. The van der Waals surface area contributed by atoms with Gasteiger partial charge in [-0.15, -0.1) is 0 Å². The highest BCUT2D eigenvalue weighted by atomic mass is 16.5. The van der Waals surface area contributed by atoms with Crippen LogP contribution in [0.15, 0.2) is 42.5 Å². The molecular weight excluding hydrogens is 336 g/mol. The fourth-order valence-corrected chi connectivity index (χ4v) is 2.54. The first kappa shape index (κ1) is 19.1. The molecule has 0 aliphatic heterocycles. The first-order valence-electron chi connectivity index (χ1n) is 8.03. The number of benzene rings is 2. The molecule has 2 aromatic rings. The fourth-order valence-electron chi connectivity index (χ4n) is 2.54. The number of carboxylic acid groups (broad SMARTS) is 1. The van der Waals surface area contributed by atoms with E-state index < -0.39 is 5.97 Å². The van der Waals surface area contributed by atoms with E-state index in [0.717, 1.165) is 5.56 Å². The normalized spacial score (nSPS) is 11.3. The van der Waals surface area contributed by atoms with Crippen LogP contribution in [0.2, 0.25) is 0 Å². The average Bonchev–Trinajstić information content (AvgIpc) is 2.65. The second-order valence-corrected chi connectivity index (χ2v) is 5.60. The van der Waals surface area contributed by atoms with Gasteiger partial charge in [0.1, 0.15) is 18.0 Å². The number of anilines is 1. The average molecular weight is 358 g/mol. The molecule has 0 bridgehead atoms. The first-order valence-corrected chi connectivity index (χ1v) is 8.03. The van der Waals surface area contributed by atoms with Crippen LogP contribution in [0.3, 0.4) is 0 Å². The van der Waals surface area contributed by atoms with E-state index in [1.165, 1.54) is 0 Å². The molecule has 0 radical (unpaired) electrons. The maximum Gasteiger partial charge on any atom is 0.322 e. The molecule has 138 valence electrons. The Morgan fingerprint density at radius 3 is 2.50 bits per heavy atom. The number of hydrogen-bond donors (Lipinski definition) is 3. The minimum Gasteiger partial charge on any atom is -0.497 e. The zero-order valence-corrected chi connectivity index (χ0v) is 14.9. The van der Waals surface area contributed by atoms with E-state index in [1.54, 1.807) is 56.7 Å². The lowest BCUT2D eigenvalue weighted by Gasteiger charge is -2.19. The molecule has 2 rings (SSSR count). The number of aliphatic carboxylic acids is 1. The Balaban J connectivity index is 2.21. The van der Waals surface area contributed by atoms with Gasteiger partial charge >= 0.3 is 5.97 Å². The van der Waals surface area contributed by atoms with Crippen LogP contribution >= 0.6 is 0 Å². The van der Waals surface area contributed by atoms with E-state index >= 15 is 0 Å². The summed E-state index contributed by atoms with van der Waals surface area (Å²) in [5.74, 6) is -0.0353. The van der Waals surface area contributed by atoms with Crippen LogP contribution in [0.1, 0.15) is 28.9 Å². The lowest BCUT2D eigenvalue weighted by molar-refractivity contribution is -0.134. The number of carbonyl (C=O) groups excluding carboxylic acids is 1. The molecule has 0 saturated carbocycles. The monoisotopic (exact) mass is 358 g/mol. The van der Waals surface area contributed by atoms with E-state index in [9.17, 15) is 9.59 Å². The number of rotatable bonds is 8. The molecule has 2 aromatic carbocycles. The molecule has 0 fully saturated rings. The van der Waals surface area contributed by atoms with Crippen LogP contribution < -0.4 is 20.1 Å². The summed E-state index contributed by atoms with van der Waals surface area (Å²) >= 11 is 0. The van der Waals surface area contributed by atoms with Crippen LogP contribution in [0.4, 0.5) is 5.69 Å². The van der Waals surface area contributed by atoms with Crippen LogP contribution in [0.25, 0.3) is 0 Å². The zero-order valence-electron chi connectivity index (χ0n) is 14.9. The summed E-state index contributed by atoms with van der Waals surface area (Å²) in [6, 6.07) is 11.8. The third-order valence-electron chi connectivity index (χ3n) is 3.85. The van der Waals surface area contributed by atoms with Gasteiger partial charge in [-0.2, -0.15) is 0 Å². The highest BCUT2D eigenvalue weighted by Gasteiger charge is 2.18. The van der Waals surface area contributed by atoms with E-state index in [1.807, 2.05) is 6.92 Å². The lowest BCUT2D eigenvalue weighted by atomic mass is 10.1. The predicted molar refractivity (Wildman–Crippen MR) is 98.0 cm³/mol. The lowest BCUT2D eigenvalue weighted by Crippen LogP contribution is -2.28. The number of para-hydroxylation sites is 1. The smallest absolute Gasteiger partial charge is 0.322 e. The van der Waals surface area contributed by atoms with Crippen molar-refractivity contribution in [1.82, 2.24) is 5.32 Å². The maximum absolute atomic E-state index is 12.7. The first-order chi connectivity index (χ1) is 12.5. The molecule has 0 aliphatic rings. The van der Waals surface area contributed by atoms with Gasteiger partial charge < -0.3 is 25.2 Å². The standard InChI is InChI=1S/C19H22N2O5/c1-12(15-10-13(25-2)8-9-17(15)26-3)21-19(24)14-6-4-5-7-16(14)20-11-18(22)23/h4-10,12,20H,11H2,1-3H3,(H,21,24)(H,22,23). The summed E-state index contributed by atoms with van der Waals surface area (Å²) < 4.78 is 10.6. The van der Waals surface area contributed by atoms with Gasteiger partial charge in [0.2, 0.25) is 0 Å². The Morgan fingerprint density at radius 2 is 1.85 bits per heavy atom. The molecule has 7 heteroatoms. The molecule has 0 spiro atoms. The Morgan fingerprint density at radius 1 is 1.12 bits per heavy atom. The third-order valence-corrected chi connectivity index (χ3v) is 3.85. The number of carbonyl (C=O) groups is 2. The minimum atomic E-state index is -1.00. The summed E-state index contributed by atoms with van der Waals surface area (Å²) in [5, 5.41) is 14.5. The van der Waals surface area contributed by atoms with Crippen molar-refractivity contribution in [2.45, 2.75) is 13.0 Å². The van der Waals surface area contributed by atoms with E-state index in [2.05, 4.69) is 10.6 Å². The molecule has 1 unspecified atom stereocenters. The SMILES string of the molecule is COc1ccc(OC)c(C(C)NC(=O)c2ccccc2NCC(=O)O)c1. The second kappa shape index (κ2) is 8.75.